The molecule has 0 aliphatic carbocycles. The maximum Gasteiger partial charge on any atom is 0.234 e. The number of nitrogens with zero attached hydrogens (tertiary/aromatic N) is 3. The van der Waals surface area contributed by atoms with Gasteiger partial charge in [-0.15, -0.1) is 10.2 Å². The van der Waals surface area contributed by atoms with E-state index in [1.165, 1.54) is 11.8 Å². The molecule has 0 aliphatic heterocycles. The number of amides is 2. The van der Waals surface area contributed by atoms with E-state index in [1.54, 1.807) is 18.2 Å². The van der Waals surface area contributed by atoms with E-state index in [4.69, 9.17) is 23.2 Å². The van der Waals surface area contributed by atoms with Gasteiger partial charge < -0.3 is 15.2 Å². The number of rotatable bonds is 8. The van der Waals surface area contributed by atoms with Gasteiger partial charge in [-0.1, -0.05) is 77.4 Å². The van der Waals surface area contributed by atoms with Crippen molar-refractivity contribution >= 4 is 68.9 Å². The summed E-state index contributed by atoms with van der Waals surface area (Å²) in [5.74, 6) is 0.208. The predicted octanol–water partition coefficient (Wildman–Crippen LogP) is 5.67. The summed E-state index contributed by atoms with van der Waals surface area (Å²) in [7, 11) is 0. The van der Waals surface area contributed by atoms with Crippen molar-refractivity contribution < 1.29 is 9.59 Å². The number of anilines is 2. The minimum Gasteiger partial charge on any atom is -0.325 e. The van der Waals surface area contributed by atoms with E-state index >= 15 is 0 Å². The van der Waals surface area contributed by atoms with E-state index in [2.05, 4.69) is 20.8 Å². The average Bonchev–Trinajstić information content (AvgIpc) is 3.22. The van der Waals surface area contributed by atoms with Gasteiger partial charge in [-0.2, -0.15) is 0 Å². The first-order valence-electron chi connectivity index (χ1n) is 10.5. The molecule has 7 nitrogen and oxygen atoms in total. The normalized spacial score (nSPS) is 10.9. The minimum atomic E-state index is -0.295. The molecule has 3 aromatic carbocycles. The molecule has 0 saturated carbocycles. The highest BCUT2D eigenvalue weighted by Crippen LogP contribution is 2.29. The molecule has 4 rings (SSSR count). The molecule has 174 valence electrons. The molecular weight excluding hydrogens is 493 g/mol. The molecule has 0 spiro atoms. The minimum absolute atomic E-state index is 0.00639. The number of carbonyl (C=O) groups is 2. The van der Waals surface area contributed by atoms with E-state index in [-0.39, 0.29) is 29.0 Å². The SMILES string of the molecule is CCn1c(CC(=O)Nc2cccc(Cl)c2Cl)nnc1SCC(=O)Nc1cccc2ccccc12. The number of hydrogen-bond donors (Lipinski definition) is 2. The predicted molar refractivity (Wildman–Crippen MR) is 138 cm³/mol. The fourth-order valence-corrected chi connectivity index (χ4v) is 4.63. The summed E-state index contributed by atoms with van der Waals surface area (Å²) in [5, 5.41) is 17.3. The summed E-state index contributed by atoms with van der Waals surface area (Å²) in [6.45, 7) is 2.49. The molecule has 0 fully saturated rings. The average molecular weight is 514 g/mol. The number of thioether (sulfide) groups is 1. The Bertz CT molecular complexity index is 1350. The van der Waals surface area contributed by atoms with Crippen LogP contribution in [0.1, 0.15) is 12.7 Å². The lowest BCUT2D eigenvalue weighted by Crippen LogP contribution is -2.18. The first kappa shape index (κ1) is 24.1. The number of aromatic nitrogens is 3. The number of fused-ring (bicyclic) bond motifs is 1. The van der Waals surface area contributed by atoms with Crippen LogP contribution in [-0.2, 0) is 22.6 Å². The molecule has 4 aromatic rings. The molecule has 1 heterocycles. The van der Waals surface area contributed by atoms with Crippen LogP contribution in [0.4, 0.5) is 11.4 Å². The summed E-state index contributed by atoms with van der Waals surface area (Å²) in [4.78, 5) is 25.1. The Morgan fingerprint density at radius 2 is 1.62 bits per heavy atom. The van der Waals surface area contributed by atoms with Crippen molar-refractivity contribution in [2.75, 3.05) is 16.4 Å². The summed E-state index contributed by atoms with van der Waals surface area (Å²) in [6.07, 6.45) is 0.00639. The molecule has 34 heavy (non-hydrogen) atoms. The Labute approximate surface area is 210 Å². The molecule has 10 heteroatoms. The summed E-state index contributed by atoms with van der Waals surface area (Å²) in [5.41, 5.74) is 1.19. The summed E-state index contributed by atoms with van der Waals surface area (Å²) in [6, 6.07) is 18.7. The molecular formula is C24H21Cl2N5O2S. The molecule has 2 N–H and O–H groups in total. The number of benzene rings is 3. The van der Waals surface area contributed by atoms with Crippen LogP contribution in [0.25, 0.3) is 10.8 Å². The highest BCUT2D eigenvalue weighted by Gasteiger charge is 2.17. The Kier molecular flexibility index (Phi) is 7.72. The van der Waals surface area contributed by atoms with Crippen molar-refractivity contribution in [2.45, 2.75) is 25.0 Å². The maximum absolute atomic E-state index is 12.6. The monoisotopic (exact) mass is 513 g/mol. The number of hydrogen-bond acceptors (Lipinski definition) is 5. The number of carbonyl (C=O) groups excluding carboxylic acids is 2. The van der Waals surface area contributed by atoms with Crippen molar-refractivity contribution in [3.63, 3.8) is 0 Å². The highest BCUT2D eigenvalue weighted by atomic mass is 35.5. The maximum atomic E-state index is 12.6. The first-order chi connectivity index (χ1) is 16.5. The van der Waals surface area contributed by atoms with E-state index in [0.29, 0.717) is 28.2 Å². The molecule has 0 atom stereocenters. The second-order valence-electron chi connectivity index (χ2n) is 7.33. The van der Waals surface area contributed by atoms with E-state index < -0.39 is 0 Å². The van der Waals surface area contributed by atoms with Crippen LogP contribution in [0.2, 0.25) is 10.0 Å². The van der Waals surface area contributed by atoms with Crippen molar-refractivity contribution in [3.8, 4) is 0 Å². The second-order valence-corrected chi connectivity index (χ2v) is 9.06. The van der Waals surface area contributed by atoms with E-state index in [9.17, 15) is 9.59 Å². The lowest BCUT2D eigenvalue weighted by molar-refractivity contribution is -0.116. The van der Waals surface area contributed by atoms with Gasteiger partial charge in [0.2, 0.25) is 11.8 Å². The smallest absolute Gasteiger partial charge is 0.234 e. The van der Waals surface area contributed by atoms with Crippen LogP contribution in [0.3, 0.4) is 0 Å². The Hall–Kier alpha value is -3.07. The zero-order valence-electron chi connectivity index (χ0n) is 18.2. The van der Waals surface area contributed by atoms with E-state index in [0.717, 1.165) is 16.5 Å². The van der Waals surface area contributed by atoms with Crippen LogP contribution >= 0.6 is 35.0 Å². The van der Waals surface area contributed by atoms with Gasteiger partial charge >= 0.3 is 0 Å². The van der Waals surface area contributed by atoms with Gasteiger partial charge in [-0.3, -0.25) is 9.59 Å². The summed E-state index contributed by atoms with van der Waals surface area (Å²) < 4.78 is 1.81. The largest absolute Gasteiger partial charge is 0.325 e. The molecule has 0 unspecified atom stereocenters. The Morgan fingerprint density at radius 3 is 2.44 bits per heavy atom. The van der Waals surface area contributed by atoms with Gasteiger partial charge in [-0.25, -0.2) is 0 Å². The van der Waals surface area contributed by atoms with Crippen molar-refractivity contribution in [1.29, 1.82) is 0 Å². The van der Waals surface area contributed by atoms with Crippen molar-refractivity contribution in [1.82, 2.24) is 14.8 Å². The quantitative estimate of drug-likeness (QED) is 0.296. The molecule has 1 aromatic heterocycles. The zero-order chi connectivity index (χ0) is 24.1. The van der Waals surface area contributed by atoms with E-state index in [1.807, 2.05) is 54.0 Å². The van der Waals surface area contributed by atoms with Crippen LogP contribution in [0, 0.1) is 0 Å². The van der Waals surface area contributed by atoms with Gasteiger partial charge in [-0.05, 0) is 30.5 Å². The lowest BCUT2D eigenvalue weighted by atomic mass is 10.1. The van der Waals surface area contributed by atoms with Crippen molar-refractivity contribution in [2.24, 2.45) is 0 Å². The third-order valence-corrected chi connectivity index (χ3v) is 6.84. The topological polar surface area (TPSA) is 88.9 Å². The fourth-order valence-electron chi connectivity index (χ4n) is 3.46. The molecule has 0 aliphatic rings. The van der Waals surface area contributed by atoms with Crippen LogP contribution in [0.15, 0.2) is 65.8 Å². The Balaban J connectivity index is 1.38. The standard InChI is InChI=1S/C24H21Cl2N5O2S/c1-2-31-20(13-21(32)28-19-12-6-10-17(25)23(19)26)29-30-24(31)34-14-22(33)27-18-11-5-8-15-7-3-4-9-16(15)18/h3-12H,2,13-14H2,1H3,(H,27,33)(H,28,32). The fraction of sp³-hybridized carbons (Fsp3) is 0.167. The van der Waals surface area contributed by atoms with Gasteiger partial charge in [0.25, 0.3) is 0 Å². The van der Waals surface area contributed by atoms with Gasteiger partial charge in [0, 0.05) is 17.6 Å². The van der Waals surface area contributed by atoms with Gasteiger partial charge in [0.1, 0.15) is 5.82 Å². The van der Waals surface area contributed by atoms with Crippen LogP contribution in [0.5, 0.6) is 0 Å². The summed E-state index contributed by atoms with van der Waals surface area (Å²) >= 11 is 13.4. The second kappa shape index (κ2) is 10.9. The first-order valence-corrected chi connectivity index (χ1v) is 12.3. The third kappa shape index (κ3) is 5.52. The highest BCUT2D eigenvalue weighted by molar-refractivity contribution is 7.99. The molecule has 0 radical (unpaired) electrons. The zero-order valence-corrected chi connectivity index (χ0v) is 20.5. The lowest BCUT2D eigenvalue weighted by Gasteiger charge is -2.10. The van der Waals surface area contributed by atoms with Crippen LogP contribution < -0.4 is 10.6 Å². The third-order valence-electron chi connectivity index (χ3n) is 5.05. The molecule has 0 saturated heterocycles. The Morgan fingerprint density at radius 1 is 0.912 bits per heavy atom. The number of nitrogens with one attached hydrogen (secondary N) is 2. The number of halogens is 2. The van der Waals surface area contributed by atoms with Crippen molar-refractivity contribution in [3.05, 3.63) is 76.5 Å². The van der Waals surface area contributed by atoms with Crippen LogP contribution in [-0.4, -0.2) is 32.3 Å². The van der Waals surface area contributed by atoms with Gasteiger partial charge in [0.05, 0.1) is 27.9 Å². The molecule has 0 bridgehead atoms. The van der Waals surface area contributed by atoms with Gasteiger partial charge in [0.15, 0.2) is 5.16 Å². The molecule has 2 amide bonds.